The van der Waals surface area contributed by atoms with E-state index in [0.29, 0.717) is 17.7 Å². The second kappa shape index (κ2) is 7.72. The number of aryl methyl sites for hydroxylation is 1. The molecule has 7 heteroatoms. The number of benzene rings is 3. The zero-order valence-corrected chi connectivity index (χ0v) is 18.0. The second-order valence-electron chi connectivity index (χ2n) is 6.92. The molecule has 1 aliphatic rings. The van der Waals surface area contributed by atoms with Crippen molar-refractivity contribution in [1.29, 1.82) is 0 Å². The summed E-state index contributed by atoms with van der Waals surface area (Å²) in [7, 11) is -3.87. The summed E-state index contributed by atoms with van der Waals surface area (Å²) in [6, 6.07) is 19.6. The maximum atomic E-state index is 13.4. The van der Waals surface area contributed by atoms with E-state index in [1.807, 2.05) is 31.2 Å². The third-order valence-electron chi connectivity index (χ3n) is 4.85. The van der Waals surface area contributed by atoms with E-state index in [4.69, 9.17) is 0 Å². The van der Waals surface area contributed by atoms with Crippen LogP contribution in [0, 0.1) is 12.7 Å². The highest BCUT2D eigenvalue weighted by Gasteiger charge is 2.37. The molecule has 1 heterocycles. The SMILES string of the molecule is Cc1ccc(S(=O)(=O)N2N=C(c3cccc(Br)c3)CC2c2ccc(F)cc2)cc1. The molecule has 148 valence electrons. The van der Waals surface area contributed by atoms with Crippen molar-refractivity contribution >= 4 is 31.7 Å². The zero-order chi connectivity index (χ0) is 20.6. The van der Waals surface area contributed by atoms with Crippen LogP contribution in [-0.4, -0.2) is 18.5 Å². The van der Waals surface area contributed by atoms with Crippen LogP contribution in [0.4, 0.5) is 4.39 Å². The number of sulfonamides is 1. The van der Waals surface area contributed by atoms with E-state index >= 15 is 0 Å². The highest BCUT2D eigenvalue weighted by Crippen LogP contribution is 2.37. The molecule has 0 saturated carbocycles. The molecule has 0 fully saturated rings. The molecule has 4 rings (SSSR count). The van der Waals surface area contributed by atoms with Gasteiger partial charge in [0, 0.05) is 10.9 Å². The molecule has 0 aliphatic carbocycles. The van der Waals surface area contributed by atoms with Crippen molar-refractivity contribution in [2.45, 2.75) is 24.3 Å². The molecule has 3 aromatic carbocycles. The van der Waals surface area contributed by atoms with Crippen LogP contribution in [0.3, 0.4) is 0 Å². The second-order valence-corrected chi connectivity index (χ2v) is 9.63. The molecule has 0 N–H and O–H groups in total. The lowest BCUT2D eigenvalue weighted by molar-refractivity contribution is 0.371. The molecule has 29 heavy (non-hydrogen) atoms. The predicted octanol–water partition coefficient (Wildman–Crippen LogP) is 5.44. The molecule has 0 spiro atoms. The molecule has 0 aromatic heterocycles. The Labute approximate surface area is 177 Å². The number of nitrogens with zero attached hydrogens (tertiary/aromatic N) is 2. The van der Waals surface area contributed by atoms with Crippen molar-refractivity contribution in [3.05, 3.63) is 99.8 Å². The van der Waals surface area contributed by atoms with Crippen molar-refractivity contribution in [1.82, 2.24) is 4.41 Å². The Morgan fingerprint density at radius 3 is 2.38 bits per heavy atom. The van der Waals surface area contributed by atoms with Crippen LogP contribution in [0.25, 0.3) is 0 Å². The fourth-order valence-electron chi connectivity index (χ4n) is 3.30. The van der Waals surface area contributed by atoms with Gasteiger partial charge in [-0.05, 0) is 54.4 Å². The summed E-state index contributed by atoms with van der Waals surface area (Å²) in [5.41, 5.74) is 3.17. The number of hydrazone groups is 1. The zero-order valence-electron chi connectivity index (χ0n) is 15.6. The lowest BCUT2D eigenvalue weighted by Crippen LogP contribution is -2.27. The van der Waals surface area contributed by atoms with Crippen molar-refractivity contribution in [2.75, 3.05) is 0 Å². The summed E-state index contributed by atoms with van der Waals surface area (Å²) in [4.78, 5) is 0.175. The van der Waals surface area contributed by atoms with Gasteiger partial charge in [-0.15, -0.1) is 0 Å². The first-order chi connectivity index (χ1) is 13.8. The number of hydrogen-bond acceptors (Lipinski definition) is 3. The molecule has 4 nitrogen and oxygen atoms in total. The monoisotopic (exact) mass is 472 g/mol. The average Bonchev–Trinajstić information content (AvgIpc) is 3.15. The third kappa shape index (κ3) is 3.97. The lowest BCUT2D eigenvalue weighted by atomic mass is 9.99. The lowest BCUT2D eigenvalue weighted by Gasteiger charge is -2.23. The molecule has 1 atom stereocenters. The van der Waals surface area contributed by atoms with E-state index in [2.05, 4.69) is 21.0 Å². The summed E-state index contributed by atoms with van der Waals surface area (Å²) in [5.74, 6) is -0.368. The molecule has 0 radical (unpaired) electrons. The fraction of sp³-hybridized carbons (Fsp3) is 0.136. The first-order valence-electron chi connectivity index (χ1n) is 9.04. The van der Waals surface area contributed by atoms with Gasteiger partial charge in [-0.2, -0.15) is 17.9 Å². The Morgan fingerprint density at radius 2 is 1.72 bits per heavy atom. The minimum atomic E-state index is -3.87. The summed E-state index contributed by atoms with van der Waals surface area (Å²) in [5, 5.41) is 4.50. The number of hydrogen-bond donors (Lipinski definition) is 0. The Hall–Kier alpha value is -2.51. The van der Waals surface area contributed by atoms with Gasteiger partial charge < -0.3 is 0 Å². The highest BCUT2D eigenvalue weighted by molar-refractivity contribution is 9.10. The van der Waals surface area contributed by atoms with Crippen LogP contribution in [0.15, 0.2) is 87.3 Å². The Morgan fingerprint density at radius 1 is 1.03 bits per heavy atom. The molecule has 0 saturated heterocycles. The first kappa shape index (κ1) is 19.8. The average molecular weight is 473 g/mol. The maximum absolute atomic E-state index is 13.4. The van der Waals surface area contributed by atoms with Gasteiger partial charge in [0.25, 0.3) is 10.0 Å². The van der Waals surface area contributed by atoms with Gasteiger partial charge in [0.05, 0.1) is 16.6 Å². The fourth-order valence-corrected chi connectivity index (χ4v) is 5.14. The Kier molecular flexibility index (Phi) is 5.27. The molecule has 1 aliphatic heterocycles. The van der Waals surface area contributed by atoms with Crippen LogP contribution in [0.1, 0.15) is 29.2 Å². The van der Waals surface area contributed by atoms with Gasteiger partial charge in [0.15, 0.2) is 0 Å². The summed E-state index contributed by atoms with van der Waals surface area (Å²) < 4.78 is 42.2. The highest BCUT2D eigenvalue weighted by atomic mass is 79.9. The van der Waals surface area contributed by atoms with Crippen molar-refractivity contribution in [3.63, 3.8) is 0 Å². The van der Waals surface area contributed by atoms with E-state index in [1.165, 1.54) is 12.1 Å². The number of rotatable bonds is 4. The topological polar surface area (TPSA) is 49.7 Å². The van der Waals surface area contributed by atoms with E-state index in [-0.39, 0.29) is 10.7 Å². The van der Waals surface area contributed by atoms with Gasteiger partial charge in [-0.1, -0.05) is 57.9 Å². The molecular weight excluding hydrogens is 455 g/mol. The molecule has 0 bridgehead atoms. The van der Waals surface area contributed by atoms with E-state index < -0.39 is 16.1 Å². The van der Waals surface area contributed by atoms with Crippen LogP contribution < -0.4 is 0 Å². The van der Waals surface area contributed by atoms with Crippen LogP contribution in [0.5, 0.6) is 0 Å². The normalized spacial score (nSPS) is 16.7. The van der Waals surface area contributed by atoms with E-state index in [0.717, 1.165) is 20.0 Å². The maximum Gasteiger partial charge on any atom is 0.279 e. The van der Waals surface area contributed by atoms with Gasteiger partial charge in [-0.3, -0.25) is 0 Å². The van der Waals surface area contributed by atoms with Gasteiger partial charge in [0.1, 0.15) is 5.82 Å². The summed E-state index contributed by atoms with van der Waals surface area (Å²) in [6.07, 6.45) is 0.396. The van der Waals surface area contributed by atoms with E-state index in [9.17, 15) is 12.8 Å². The standard InChI is InChI=1S/C22H18BrFN2O2S/c1-15-5-11-20(12-6-15)29(27,28)26-22(16-7-9-19(24)10-8-16)14-21(25-26)17-3-2-4-18(23)13-17/h2-13,22H,14H2,1H3. The minimum Gasteiger partial charge on any atom is -0.207 e. The summed E-state index contributed by atoms with van der Waals surface area (Å²) in [6.45, 7) is 1.90. The third-order valence-corrected chi connectivity index (χ3v) is 7.04. The molecule has 1 unspecified atom stereocenters. The number of halogens is 2. The van der Waals surface area contributed by atoms with Crippen molar-refractivity contribution < 1.29 is 12.8 Å². The van der Waals surface area contributed by atoms with Crippen LogP contribution in [0.2, 0.25) is 0 Å². The predicted molar refractivity (Wildman–Crippen MR) is 115 cm³/mol. The minimum absolute atomic E-state index is 0.175. The van der Waals surface area contributed by atoms with E-state index in [1.54, 1.807) is 36.4 Å². The van der Waals surface area contributed by atoms with Crippen LogP contribution >= 0.6 is 15.9 Å². The molecule has 3 aromatic rings. The van der Waals surface area contributed by atoms with Crippen molar-refractivity contribution in [2.24, 2.45) is 5.10 Å². The molecule has 0 amide bonds. The smallest absolute Gasteiger partial charge is 0.207 e. The first-order valence-corrected chi connectivity index (χ1v) is 11.3. The van der Waals surface area contributed by atoms with Crippen LogP contribution in [-0.2, 0) is 10.0 Å². The van der Waals surface area contributed by atoms with Gasteiger partial charge >= 0.3 is 0 Å². The molecular formula is C22H18BrFN2O2S. The van der Waals surface area contributed by atoms with Crippen molar-refractivity contribution in [3.8, 4) is 0 Å². The van der Waals surface area contributed by atoms with Gasteiger partial charge in [-0.25, -0.2) is 4.39 Å². The largest absolute Gasteiger partial charge is 0.279 e. The quantitative estimate of drug-likeness (QED) is 0.507. The van der Waals surface area contributed by atoms with Gasteiger partial charge in [0.2, 0.25) is 0 Å². The Bertz CT molecular complexity index is 1180. The summed E-state index contributed by atoms with van der Waals surface area (Å²) >= 11 is 3.45. The Balaban J connectivity index is 1.80.